The fraction of sp³-hybridized carbons (Fsp3) is 0.150. The van der Waals surface area contributed by atoms with Gasteiger partial charge in [0.05, 0.1) is 17.5 Å². The monoisotopic (exact) mass is 375 g/mol. The third-order valence-electron chi connectivity index (χ3n) is 4.15. The van der Waals surface area contributed by atoms with Gasteiger partial charge in [-0.1, -0.05) is 6.07 Å². The smallest absolute Gasteiger partial charge is 0.318 e. The molecule has 0 radical (unpaired) electrons. The number of halogens is 4. The van der Waals surface area contributed by atoms with Crippen molar-refractivity contribution in [1.82, 2.24) is 4.57 Å². The standard InChI is InChI=1S/C20H17F4N3/c1-13-10-15(14(2)27(13)19-5-3-4-17(21)11-19)12-25-26-18-8-6-16(7-9-18)20(22,23)24/h3-12,26H,1-2H3/b25-12+. The lowest BCUT2D eigenvalue weighted by atomic mass is 10.2. The minimum atomic E-state index is -4.36. The molecule has 1 aromatic heterocycles. The van der Waals surface area contributed by atoms with E-state index < -0.39 is 11.7 Å². The van der Waals surface area contributed by atoms with Gasteiger partial charge in [-0.2, -0.15) is 18.3 Å². The van der Waals surface area contributed by atoms with Crippen molar-refractivity contribution in [3.05, 3.63) is 82.9 Å². The molecule has 1 N–H and O–H groups in total. The lowest BCUT2D eigenvalue weighted by Gasteiger charge is -2.09. The maximum atomic E-state index is 13.5. The van der Waals surface area contributed by atoms with Gasteiger partial charge in [0, 0.05) is 22.6 Å². The molecule has 0 amide bonds. The van der Waals surface area contributed by atoms with Crippen LogP contribution in [-0.2, 0) is 6.18 Å². The summed E-state index contributed by atoms with van der Waals surface area (Å²) >= 11 is 0. The quantitative estimate of drug-likeness (QED) is 0.354. The van der Waals surface area contributed by atoms with Crippen LogP contribution in [0.15, 0.2) is 59.7 Å². The summed E-state index contributed by atoms with van der Waals surface area (Å²) in [7, 11) is 0. The lowest BCUT2D eigenvalue weighted by Crippen LogP contribution is -2.04. The highest BCUT2D eigenvalue weighted by atomic mass is 19.4. The first kappa shape index (κ1) is 18.7. The molecule has 3 nitrogen and oxygen atoms in total. The summed E-state index contributed by atoms with van der Waals surface area (Å²) in [6.45, 7) is 3.79. The number of hydrogen-bond acceptors (Lipinski definition) is 2. The van der Waals surface area contributed by atoms with Crippen LogP contribution in [0.2, 0.25) is 0 Å². The molecule has 2 aromatic carbocycles. The molecule has 3 rings (SSSR count). The van der Waals surface area contributed by atoms with Crippen molar-refractivity contribution in [2.24, 2.45) is 5.10 Å². The molecule has 27 heavy (non-hydrogen) atoms. The highest BCUT2D eigenvalue weighted by Gasteiger charge is 2.29. The van der Waals surface area contributed by atoms with Crippen molar-refractivity contribution < 1.29 is 17.6 Å². The molecule has 0 saturated heterocycles. The average Bonchev–Trinajstić information content (AvgIpc) is 2.88. The number of aryl methyl sites for hydroxylation is 1. The lowest BCUT2D eigenvalue weighted by molar-refractivity contribution is -0.137. The summed E-state index contributed by atoms with van der Waals surface area (Å²) in [6.07, 6.45) is -2.79. The van der Waals surface area contributed by atoms with Gasteiger partial charge in [-0.25, -0.2) is 4.39 Å². The summed E-state index contributed by atoms with van der Waals surface area (Å²) in [6, 6.07) is 12.8. The molecule has 0 spiro atoms. The summed E-state index contributed by atoms with van der Waals surface area (Å²) in [5.74, 6) is -0.320. The molecule has 0 aliphatic carbocycles. The zero-order valence-corrected chi connectivity index (χ0v) is 14.7. The van der Waals surface area contributed by atoms with Crippen LogP contribution in [0.3, 0.4) is 0 Å². The second-order valence-electron chi connectivity index (χ2n) is 6.09. The molecular weight excluding hydrogens is 358 g/mol. The van der Waals surface area contributed by atoms with E-state index in [0.717, 1.165) is 29.1 Å². The number of hydrazone groups is 1. The number of aromatic nitrogens is 1. The van der Waals surface area contributed by atoms with Crippen LogP contribution in [0.4, 0.5) is 23.2 Å². The molecule has 0 aliphatic rings. The fourth-order valence-electron chi connectivity index (χ4n) is 2.84. The van der Waals surface area contributed by atoms with E-state index in [-0.39, 0.29) is 5.82 Å². The summed E-state index contributed by atoms with van der Waals surface area (Å²) in [5, 5.41) is 4.09. The number of anilines is 1. The minimum absolute atomic E-state index is 0.320. The third kappa shape index (κ3) is 4.19. The van der Waals surface area contributed by atoms with Gasteiger partial charge in [-0.3, -0.25) is 5.43 Å². The van der Waals surface area contributed by atoms with Crippen LogP contribution < -0.4 is 5.43 Å². The molecule has 0 atom stereocenters. The van der Waals surface area contributed by atoms with Crippen molar-refractivity contribution >= 4 is 11.9 Å². The number of hydrogen-bond donors (Lipinski definition) is 1. The van der Waals surface area contributed by atoms with Gasteiger partial charge in [0.1, 0.15) is 5.82 Å². The van der Waals surface area contributed by atoms with Crippen LogP contribution in [-0.4, -0.2) is 10.8 Å². The maximum absolute atomic E-state index is 13.5. The highest BCUT2D eigenvalue weighted by molar-refractivity contribution is 5.82. The Balaban J connectivity index is 1.77. The van der Waals surface area contributed by atoms with Gasteiger partial charge in [0.15, 0.2) is 0 Å². The van der Waals surface area contributed by atoms with E-state index in [0.29, 0.717) is 11.4 Å². The van der Waals surface area contributed by atoms with E-state index in [9.17, 15) is 17.6 Å². The number of nitrogens with one attached hydrogen (secondary N) is 1. The van der Waals surface area contributed by atoms with Crippen molar-refractivity contribution in [3.8, 4) is 5.69 Å². The molecule has 0 aliphatic heterocycles. The number of nitrogens with zero attached hydrogens (tertiary/aromatic N) is 2. The van der Waals surface area contributed by atoms with Gasteiger partial charge >= 0.3 is 6.18 Å². The van der Waals surface area contributed by atoms with Gasteiger partial charge in [-0.05, 0) is 62.4 Å². The summed E-state index contributed by atoms with van der Waals surface area (Å²) in [5.41, 5.74) is 5.75. The molecule has 140 valence electrons. The molecule has 7 heteroatoms. The molecule has 0 unspecified atom stereocenters. The van der Waals surface area contributed by atoms with E-state index in [1.54, 1.807) is 12.3 Å². The van der Waals surface area contributed by atoms with Crippen molar-refractivity contribution in [1.29, 1.82) is 0 Å². The van der Waals surface area contributed by atoms with Crippen LogP contribution in [0.25, 0.3) is 5.69 Å². The summed E-state index contributed by atoms with van der Waals surface area (Å²) < 4.78 is 53.1. The number of benzene rings is 2. The molecule has 0 bridgehead atoms. The Morgan fingerprint density at radius 2 is 1.70 bits per heavy atom. The van der Waals surface area contributed by atoms with E-state index >= 15 is 0 Å². The Morgan fingerprint density at radius 1 is 1.00 bits per heavy atom. The van der Waals surface area contributed by atoms with E-state index in [1.165, 1.54) is 24.3 Å². The predicted molar refractivity (Wildman–Crippen MR) is 97.9 cm³/mol. The van der Waals surface area contributed by atoms with Crippen LogP contribution in [0, 0.1) is 19.7 Å². The maximum Gasteiger partial charge on any atom is 0.416 e. The molecule has 3 aromatic rings. The Labute approximate surface area is 154 Å². The third-order valence-corrected chi connectivity index (χ3v) is 4.15. The Bertz CT molecular complexity index is 970. The van der Waals surface area contributed by atoms with Crippen molar-refractivity contribution in [2.45, 2.75) is 20.0 Å². The Kier molecular flexibility index (Phi) is 5.03. The first-order valence-electron chi connectivity index (χ1n) is 8.17. The normalized spacial score (nSPS) is 11.9. The van der Waals surface area contributed by atoms with Gasteiger partial charge in [0.25, 0.3) is 0 Å². The second-order valence-corrected chi connectivity index (χ2v) is 6.09. The number of alkyl halides is 3. The first-order valence-corrected chi connectivity index (χ1v) is 8.17. The Morgan fingerprint density at radius 3 is 2.33 bits per heavy atom. The van der Waals surface area contributed by atoms with Crippen LogP contribution in [0.1, 0.15) is 22.5 Å². The first-order chi connectivity index (χ1) is 12.8. The second kappa shape index (κ2) is 7.26. The van der Waals surface area contributed by atoms with Crippen molar-refractivity contribution in [2.75, 3.05) is 5.43 Å². The molecule has 0 saturated carbocycles. The zero-order chi connectivity index (χ0) is 19.6. The van der Waals surface area contributed by atoms with Crippen LogP contribution >= 0.6 is 0 Å². The van der Waals surface area contributed by atoms with Crippen LogP contribution in [0.5, 0.6) is 0 Å². The minimum Gasteiger partial charge on any atom is -0.318 e. The molecular formula is C20H17F4N3. The topological polar surface area (TPSA) is 29.3 Å². The van der Waals surface area contributed by atoms with Gasteiger partial charge < -0.3 is 4.57 Å². The van der Waals surface area contributed by atoms with E-state index in [2.05, 4.69) is 10.5 Å². The number of rotatable bonds is 4. The fourth-order valence-corrected chi connectivity index (χ4v) is 2.84. The van der Waals surface area contributed by atoms with Crippen molar-refractivity contribution in [3.63, 3.8) is 0 Å². The van der Waals surface area contributed by atoms with Gasteiger partial charge in [-0.15, -0.1) is 0 Å². The highest BCUT2D eigenvalue weighted by Crippen LogP contribution is 2.29. The zero-order valence-electron chi connectivity index (χ0n) is 14.7. The SMILES string of the molecule is Cc1cc(/C=N/Nc2ccc(C(F)(F)F)cc2)c(C)n1-c1cccc(F)c1. The largest absolute Gasteiger partial charge is 0.416 e. The van der Waals surface area contributed by atoms with Gasteiger partial charge in [0.2, 0.25) is 0 Å². The molecule has 0 fully saturated rings. The van der Waals surface area contributed by atoms with E-state index in [1.807, 2.05) is 30.5 Å². The predicted octanol–water partition coefficient (Wildman–Crippen LogP) is 5.70. The average molecular weight is 375 g/mol. The molecule has 1 heterocycles. The Hall–Kier alpha value is -3.09. The van der Waals surface area contributed by atoms with E-state index in [4.69, 9.17) is 0 Å². The summed E-state index contributed by atoms with van der Waals surface area (Å²) in [4.78, 5) is 0.